The van der Waals surface area contributed by atoms with E-state index in [1.165, 1.54) is 22.1 Å². The molecule has 6 rings (SSSR count). The van der Waals surface area contributed by atoms with Crippen LogP contribution < -0.4 is 24.5 Å². The van der Waals surface area contributed by atoms with E-state index in [-0.39, 0.29) is 12.2 Å². The molecule has 0 aliphatic carbocycles. The number of rotatable bonds is 8. The molecule has 2 heterocycles. The summed E-state index contributed by atoms with van der Waals surface area (Å²) in [6.07, 6.45) is 1.86. The van der Waals surface area contributed by atoms with Crippen molar-refractivity contribution in [2.24, 2.45) is 4.99 Å². The minimum Gasteiger partial charge on any atom is -0.489 e. The fourth-order valence-electron chi connectivity index (χ4n) is 5.45. The second-order valence-corrected chi connectivity index (χ2v) is 11.8. The number of carbonyl (C=O) groups is 1. The Balaban J connectivity index is 1.32. The molecule has 0 saturated heterocycles. The van der Waals surface area contributed by atoms with Crippen molar-refractivity contribution < 1.29 is 14.3 Å². The fraction of sp³-hybridized carbons (Fsp3) is 0.194. The number of aromatic nitrogens is 1. The topological polar surface area (TPSA) is 73.1 Å². The van der Waals surface area contributed by atoms with E-state index in [0.29, 0.717) is 27.2 Å². The third-order valence-electron chi connectivity index (χ3n) is 7.69. The van der Waals surface area contributed by atoms with Crippen molar-refractivity contribution in [1.82, 2.24) is 4.57 Å². The van der Waals surface area contributed by atoms with E-state index in [2.05, 4.69) is 29.3 Å². The van der Waals surface area contributed by atoms with Gasteiger partial charge < -0.3 is 14.4 Å². The standard InChI is InChI=1S/C36H33N3O4S/c1-5-42-35(41)32-23(2)37-36-39(33(32)26-15-17-28(18-16-26)38(3)4)34(40)31(44-36)21-24-13-19-29(20-14-24)43-22-27-11-8-10-25-9-6-7-12-30(25)27/h6-21,33H,5,22H2,1-4H3/b31-21-/t33-/m0/s1. The Kier molecular flexibility index (Phi) is 8.17. The van der Waals surface area contributed by atoms with Crippen LogP contribution in [0.15, 0.2) is 112 Å². The molecule has 44 heavy (non-hydrogen) atoms. The van der Waals surface area contributed by atoms with Gasteiger partial charge in [0.15, 0.2) is 4.80 Å². The molecule has 4 aromatic carbocycles. The van der Waals surface area contributed by atoms with Crippen LogP contribution >= 0.6 is 11.3 Å². The van der Waals surface area contributed by atoms with Crippen molar-refractivity contribution in [3.63, 3.8) is 0 Å². The minimum atomic E-state index is -0.645. The van der Waals surface area contributed by atoms with Gasteiger partial charge in [-0.2, -0.15) is 0 Å². The number of allylic oxidation sites excluding steroid dienone is 1. The lowest BCUT2D eigenvalue weighted by molar-refractivity contribution is -0.139. The Hall–Kier alpha value is -4.95. The molecule has 8 heteroatoms. The molecule has 5 aromatic rings. The quantitative estimate of drug-likeness (QED) is 0.216. The van der Waals surface area contributed by atoms with Crippen LogP contribution in [0.3, 0.4) is 0 Å². The molecular formula is C36H33N3O4S. The lowest BCUT2D eigenvalue weighted by Crippen LogP contribution is -2.39. The summed E-state index contributed by atoms with van der Waals surface area (Å²) in [6, 6.07) is 29.4. The number of thiazole rings is 1. The third kappa shape index (κ3) is 5.68. The molecule has 1 aromatic heterocycles. The third-order valence-corrected chi connectivity index (χ3v) is 8.68. The molecule has 0 fully saturated rings. The summed E-state index contributed by atoms with van der Waals surface area (Å²) in [7, 11) is 3.94. The summed E-state index contributed by atoms with van der Waals surface area (Å²) in [5.74, 6) is 0.274. The van der Waals surface area contributed by atoms with Crippen molar-refractivity contribution in [2.75, 3.05) is 25.6 Å². The Labute approximate surface area is 259 Å². The van der Waals surface area contributed by atoms with E-state index < -0.39 is 12.0 Å². The second kappa shape index (κ2) is 12.3. The average Bonchev–Trinajstić information content (AvgIpc) is 3.33. The molecule has 1 aliphatic rings. The van der Waals surface area contributed by atoms with Crippen LogP contribution in [0.25, 0.3) is 16.8 Å². The highest BCUT2D eigenvalue weighted by Crippen LogP contribution is 2.31. The minimum absolute atomic E-state index is 0.207. The lowest BCUT2D eigenvalue weighted by atomic mass is 9.95. The summed E-state index contributed by atoms with van der Waals surface area (Å²) in [5.41, 5.74) is 4.53. The van der Waals surface area contributed by atoms with Gasteiger partial charge in [-0.05, 0) is 71.7 Å². The number of hydrogen-bond donors (Lipinski definition) is 0. The molecule has 0 N–H and O–H groups in total. The number of carbonyl (C=O) groups excluding carboxylic acids is 1. The number of benzene rings is 4. The van der Waals surface area contributed by atoms with Crippen LogP contribution in [0.1, 0.15) is 36.6 Å². The van der Waals surface area contributed by atoms with Gasteiger partial charge in [-0.25, -0.2) is 9.79 Å². The first-order valence-corrected chi connectivity index (χ1v) is 15.3. The van der Waals surface area contributed by atoms with Crippen LogP contribution in [-0.2, 0) is 16.1 Å². The zero-order chi connectivity index (χ0) is 30.8. The van der Waals surface area contributed by atoms with E-state index >= 15 is 0 Å². The van der Waals surface area contributed by atoms with Gasteiger partial charge in [0.25, 0.3) is 5.56 Å². The van der Waals surface area contributed by atoms with Crippen molar-refractivity contribution in [3.8, 4) is 5.75 Å². The summed E-state index contributed by atoms with van der Waals surface area (Å²) in [5, 5.41) is 2.36. The first-order chi connectivity index (χ1) is 21.3. The number of anilines is 1. The molecule has 1 atom stereocenters. The molecule has 0 spiro atoms. The Bertz CT molecular complexity index is 2050. The highest BCUT2D eigenvalue weighted by Gasteiger charge is 2.33. The second-order valence-electron chi connectivity index (χ2n) is 10.8. The van der Waals surface area contributed by atoms with Gasteiger partial charge in [-0.1, -0.05) is 78.1 Å². The number of esters is 1. The molecule has 7 nitrogen and oxygen atoms in total. The fourth-order valence-corrected chi connectivity index (χ4v) is 6.50. The number of hydrogen-bond acceptors (Lipinski definition) is 7. The van der Waals surface area contributed by atoms with Crippen molar-refractivity contribution in [3.05, 3.63) is 139 Å². The van der Waals surface area contributed by atoms with Crippen LogP contribution in [-0.4, -0.2) is 31.2 Å². The Morgan fingerprint density at radius 1 is 0.977 bits per heavy atom. The molecule has 222 valence electrons. The summed E-state index contributed by atoms with van der Waals surface area (Å²) >= 11 is 1.31. The lowest BCUT2D eigenvalue weighted by Gasteiger charge is -2.25. The molecule has 1 aliphatic heterocycles. The molecule has 0 saturated carbocycles. The molecular weight excluding hydrogens is 570 g/mol. The molecule has 0 bridgehead atoms. The van der Waals surface area contributed by atoms with Gasteiger partial charge in [-0.3, -0.25) is 9.36 Å². The van der Waals surface area contributed by atoms with Gasteiger partial charge in [0.05, 0.1) is 28.5 Å². The van der Waals surface area contributed by atoms with Crippen LogP contribution in [0, 0.1) is 0 Å². The summed E-state index contributed by atoms with van der Waals surface area (Å²) in [6.45, 7) is 4.25. The maximum Gasteiger partial charge on any atom is 0.338 e. The first kappa shape index (κ1) is 29.1. The number of fused-ring (bicyclic) bond motifs is 2. The van der Waals surface area contributed by atoms with Crippen LogP contribution in [0.5, 0.6) is 5.75 Å². The SMILES string of the molecule is CCOC(=O)C1=C(C)N=c2s/c(=C\c3ccc(OCc4cccc5ccccc45)cc3)c(=O)n2[C@H]1c1ccc(N(C)C)cc1. The Morgan fingerprint density at radius 2 is 1.70 bits per heavy atom. The maximum atomic E-state index is 13.9. The smallest absolute Gasteiger partial charge is 0.338 e. The van der Waals surface area contributed by atoms with Crippen molar-refractivity contribution in [2.45, 2.75) is 26.5 Å². The van der Waals surface area contributed by atoms with Gasteiger partial charge in [0.1, 0.15) is 12.4 Å². The van der Waals surface area contributed by atoms with Gasteiger partial charge in [0, 0.05) is 19.8 Å². The van der Waals surface area contributed by atoms with Crippen molar-refractivity contribution >= 4 is 39.8 Å². The number of ether oxygens (including phenoxy) is 2. The normalized spacial score (nSPS) is 14.7. The predicted molar refractivity (Wildman–Crippen MR) is 176 cm³/mol. The average molecular weight is 604 g/mol. The summed E-state index contributed by atoms with van der Waals surface area (Å²) < 4.78 is 13.7. The highest BCUT2D eigenvalue weighted by atomic mass is 32.1. The molecule has 0 radical (unpaired) electrons. The Morgan fingerprint density at radius 3 is 2.43 bits per heavy atom. The van der Waals surface area contributed by atoms with Crippen LogP contribution in [0.2, 0.25) is 0 Å². The largest absolute Gasteiger partial charge is 0.489 e. The zero-order valence-corrected chi connectivity index (χ0v) is 25.9. The van der Waals surface area contributed by atoms with E-state index in [9.17, 15) is 9.59 Å². The zero-order valence-electron chi connectivity index (χ0n) is 25.1. The van der Waals surface area contributed by atoms with E-state index in [4.69, 9.17) is 9.47 Å². The predicted octanol–water partition coefficient (Wildman–Crippen LogP) is 5.60. The molecule has 0 unspecified atom stereocenters. The van der Waals surface area contributed by atoms with Gasteiger partial charge in [0.2, 0.25) is 0 Å². The van der Waals surface area contributed by atoms with Crippen molar-refractivity contribution in [1.29, 1.82) is 0 Å². The van der Waals surface area contributed by atoms with Gasteiger partial charge >= 0.3 is 5.97 Å². The van der Waals surface area contributed by atoms with E-state index in [0.717, 1.165) is 28.1 Å². The maximum absolute atomic E-state index is 13.9. The van der Waals surface area contributed by atoms with E-state index in [1.807, 2.05) is 91.8 Å². The first-order valence-electron chi connectivity index (χ1n) is 14.5. The van der Waals surface area contributed by atoms with Crippen LogP contribution in [0.4, 0.5) is 5.69 Å². The summed E-state index contributed by atoms with van der Waals surface area (Å²) in [4.78, 5) is 34.3. The highest BCUT2D eigenvalue weighted by molar-refractivity contribution is 7.07. The van der Waals surface area contributed by atoms with E-state index in [1.54, 1.807) is 18.4 Å². The number of nitrogens with zero attached hydrogens (tertiary/aromatic N) is 3. The molecule has 0 amide bonds. The van der Waals surface area contributed by atoms with Gasteiger partial charge in [-0.15, -0.1) is 0 Å². The monoisotopic (exact) mass is 603 g/mol.